The monoisotopic (exact) mass is 424 g/mol. The molecule has 1 saturated carbocycles. The van der Waals surface area contributed by atoms with E-state index in [2.05, 4.69) is 30.0 Å². The van der Waals surface area contributed by atoms with Gasteiger partial charge in [0.05, 0.1) is 5.52 Å². The Morgan fingerprint density at radius 1 is 1.32 bits per heavy atom. The summed E-state index contributed by atoms with van der Waals surface area (Å²) in [5.74, 6) is 0.389. The molecule has 0 radical (unpaired) electrons. The zero-order chi connectivity index (χ0) is 20.3. The molecule has 3 atom stereocenters. The normalized spacial score (nSPS) is 22.0. The second kappa shape index (κ2) is 8.96. The maximum absolute atomic E-state index is 12.1. The molecule has 0 bridgehead atoms. The molecule has 1 fully saturated rings. The van der Waals surface area contributed by atoms with E-state index in [1.807, 2.05) is 0 Å². The SMILES string of the molecule is C[C@H]1[C@@H](NC(=S)NNC(=O)CCn2c(=O)oc3cc(Cl)ccc32)CCC[C@@H]1C. The van der Waals surface area contributed by atoms with Crippen LogP contribution >= 0.6 is 23.8 Å². The van der Waals surface area contributed by atoms with Crippen LogP contribution in [0.2, 0.25) is 5.02 Å². The second-order valence-electron chi connectivity index (χ2n) is 7.40. The van der Waals surface area contributed by atoms with Crippen molar-refractivity contribution < 1.29 is 9.21 Å². The van der Waals surface area contributed by atoms with Gasteiger partial charge in [0, 0.05) is 30.1 Å². The minimum atomic E-state index is -0.518. The standard InChI is InChI=1S/C19H25ClN4O3S/c1-11-4-3-5-14(12(11)2)21-18(28)23-22-17(25)8-9-24-15-7-6-13(20)10-16(15)27-19(24)26/h6-7,10-12,14H,3-5,8-9H2,1-2H3,(H,22,25)(H2,21,23,28)/t11-,12+,14-/m0/s1. The van der Waals surface area contributed by atoms with Gasteiger partial charge in [-0.25, -0.2) is 4.79 Å². The average Bonchev–Trinajstić information content (AvgIpc) is 2.96. The lowest BCUT2D eigenvalue weighted by molar-refractivity contribution is -0.121. The lowest BCUT2D eigenvalue weighted by Gasteiger charge is -2.35. The number of benzene rings is 1. The van der Waals surface area contributed by atoms with Gasteiger partial charge in [-0.3, -0.25) is 20.2 Å². The molecule has 7 nitrogen and oxygen atoms in total. The van der Waals surface area contributed by atoms with E-state index in [0.717, 1.165) is 6.42 Å². The Bertz CT molecular complexity index is 926. The number of nitrogens with zero attached hydrogens (tertiary/aromatic N) is 1. The van der Waals surface area contributed by atoms with Gasteiger partial charge >= 0.3 is 5.76 Å². The summed E-state index contributed by atoms with van der Waals surface area (Å²) in [6, 6.07) is 5.26. The van der Waals surface area contributed by atoms with Crippen molar-refractivity contribution in [3.05, 3.63) is 33.8 Å². The first kappa shape index (κ1) is 20.7. The van der Waals surface area contributed by atoms with Crippen LogP contribution in [0.4, 0.5) is 0 Å². The number of oxazole rings is 1. The van der Waals surface area contributed by atoms with Crippen LogP contribution < -0.4 is 21.9 Å². The van der Waals surface area contributed by atoms with Crippen LogP contribution in [0.1, 0.15) is 39.5 Å². The van der Waals surface area contributed by atoms with E-state index in [1.165, 1.54) is 17.4 Å². The van der Waals surface area contributed by atoms with Crippen molar-refractivity contribution in [1.29, 1.82) is 0 Å². The number of hydrazine groups is 1. The molecular formula is C19H25ClN4O3S. The molecular weight excluding hydrogens is 400 g/mol. The minimum absolute atomic E-state index is 0.101. The Hall–Kier alpha value is -2.06. The van der Waals surface area contributed by atoms with Gasteiger partial charge in [0.2, 0.25) is 5.91 Å². The van der Waals surface area contributed by atoms with E-state index < -0.39 is 5.76 Å². The number of aromatic nitrogens is 1. The largest absolute Gasteiger partial charge is 0.419 e. The van der Waals surface area contributed by atoms with E-state index in [0.29, 0.717) is 39.1 Å². The molecule has 1 aliphatic rings. The molecule has 9 heteroatoms. The van der Waals surface area contributed by atoms with Crippen LogP contribution in [0.5, 0.6) is 0 Å². The third-order valence-corrected chi connectivity index (χ3v) is 5.99. The maximum Gasteiger partial charge on any atom is 0.419 e. The van der Waals surface area contributed by atoms with Crippen LogP contribution in [0.15, 0.2) is 27.4 Å². The number of amides is 1. The van der Waals surface area contributed by atoms with Crippen molar-refractivity contribution in [2.45, 2.75) is 52.1 Å². The van der Waals surface area contributed by atoms with Crippen LogP contribution in [0.3, 0.4) is 0 Å². The summed E-state index contributed by atoms with van der Waals surface area (Å²) in [4.78, 5) is 24.1. The Kier molecular flexibility index (Phi) is 6.61. The number of aryl methyl sites for hydroxylation is 1. The topological polar surface area (TPSA) is 88.3 Å². The number of carbonyl (C=O) groups excluding carboxylic acids is 1. The summed E-state index contributed by atoms with van der Waals surface area (Å²) in [7, 11) is 0. The molecule has 3 rings (SSSR count). The van der Waals surface area contributed by atoms with Crippen LogP contribution in [-0.4, -0.2) is 21.6 Å². The van der Waals surface area contributed by atoms with E-state index in [4.69, 9.17) is 28.2 Å². The van der Waals surface area contributed by atoms with Gasteiger partial charge in [0.1, 0.15) is 0 Å². The highest BCUT2D eigenvalue weighted by atomic mass is 35.5. The Balaban J connectivity index is 1.48. The predicted molar refractivity (Wildman–Crippen MR) is 113 cm³/mol. The van der Waals surface area contributed by atoms with Gasteiger partial charge in [-0.2, -0.15) is 0 Å². The smallest absolute Gasteiger partial charge is 0.408 e. The van der Waals surface area contributed by atoms with Gasteiger partial charge in [-0.05, 0) is 42.6 Å². The molecule has 1 aromatic carbocycles. The summed E-state index contributed by atoms with van der Waals surface area (Å²) in [5.41, 5.74) is 6.33. The van der Waals surface area contributed by atoms with Gasteiger partial charge < -0.3 is 9.73 Å². The predicted octanol–water partition coefficient (Wildman–Crippen LogP) is 2.96. The van der Waals surface area contributed by atoms with Crippen LogP contribution in [-0.2, 0) is 11.3 Å². The van der Waals surface area contributed by atoms with Gasteiger partial charge in [0.15, 0.2) is 10.7 Å². The molecule has 0 saturated heterocycles. The fourth-order valence-electron chi connectivity index (χ4n) is 3.64. The summed E-state index contributed by atoms with van der Waals surface area (Å²) in [6.07, 6.45) is 3.59. The van der Waals surface area contributed by atoms with Gasteiger partial charge in [-0.15, -0.1) is 0 Å². The zero-order valence-corrected chi connectivity index (χ0v) is 17.5. The molecule has 28 heavy (non-hydrogen) atoms. The number of hydrogen-bond donors (Lipinski definition) is 3. The third-order valence-electron chi connectivity index (χ3n) is 5.53. The highest BCUT2D eigenvalue weighted by molar-refractivity contribution is 7.80. The fourth-order valence-corrected chi connectivity index (χ4v) is 4.01. The molecule has 3 N–H and O–H groups in total. The average molecular weight is 425 g/mol. The molecule has 1 aromatic heterocycles. The first-order valence-electron chi connectivity index (χ1n) is 9.49. The first-order chi connectivity index (χ1) is 13.3. The van der Waals surface area contributed by atoms with Gasteiger partial charge in [-0.1, -0.05) is 38.3 Å². The number of rotatable bonds is 4. The number of thiocarbonyl (C=S) groups is 1. The van der Waals surface area contributed by atoms with E-state index in [1.54, 1.807) is 18.2 Å². The Morgan fingerprint density at radius 3 is 2.89 bits per heavy atom. The lowest BCUT2D eigenvalue weighted by atomic mass is 9.78. The minimum Gasteiger partial charge on any atom is -0.408 e. The van der Waals surface area contributed by atoms with Crippen molar-refractivity contribution in [2.75, 3.05) is 0 Å². The van der Waals surface area contributed by atoms with Crippen LogP contribution in [0, 0.1) is 11.8 Å². The van der Waals surface area contributed by atoms with Crippen LogP contribution in [0.25, 0.3) is 11.1 Å². The van der Waals surface area contributed by atoms with Crippen molar-refractivity contribution in [3.63, 3.8) is 0 Å². The molecule has 2 aromatic rings. The van der Waals surface area contributed by atoms with E-state index >= 15 is 0 Å². The lowest BCUT2D eigenvalue weighted by Crippen LogP contribution is -2.52. The third kappa shape index (κ3) is 4.86. The van der Waals surface area contributed by atoms with Crippen molar-refractivity contribution in [2.24, 2.45) is 11.8 Å². The molecule has 1 heterocycles. The Morgan fingerprint density at radius 2 is 2.11 bits per heavy atom. The molecule has 0 spiro atoms. The van der Waals surface area contributed by atoms with E-state index in [-0.39, 0.29) is 18.9 Å². The van der Waals surface area contributed by atoms with Gasteiger partial charge in [0.25, 0.3) is 0 Å². The summed E-state index contributed by atoms with van der Waals surface area (Å²) in [5, 5.41) is 4.17. The van der Waals surface area contributed by atoms with Crippen molar-refractivity contribution in [1.82, 2.24) is 20.7 Å². The summed E-state index contributed by atoms with van der Waals surface area (Å²) in [6.45, 7) is 4.67. The highest BCUT2D eigenvalue weighted by Crippen LogP contribution is 2.29. The summed E-state index contributed by atoms with van der Waals surface area (Å²) < 4.78 is 6.57. The van der Waals surface area contributed by atoms with Crippen molar-refractivity contribution >= 4 is 45.9 Å². The zero-order valence-electron chi connectivity index (χ0n) is 16.0. The molecule has 0 unspecified atom stereocenters. The number of halogens is 1. The Labute approximate surface area is 173 Å². The first-order valence-corrected chi connectivity index (χ1v) is 10.3. The molecule has 0 aliphatic heterocycles. The molecule has 1 aliphatic carbocycles. The number of carbonyl (C=O) groups is 1. The van der Waals surface area contributed by atoms with E-state index in [9.17, 15) is 9.59 Å². The fraction of sp³-hybridized carbons (Fsp3) is 0.526. The highest BCUT2D eigenvalue weighted by Gasteiger charge is 2.27. The van der Waals surface area contributed by atoms with Crippen molar-refractivity contribution in [3.8, 4) is 0 Å². The number of hydrogen-bond acceptors (Lipinski definition) is 4. The quantitative estimate of drug-likeness (QED) is 0.516. The number of nitrogens with one attached hydrogen (secondary N) is 3. The summed E-state index contributed by atoms with van der Waals surface area (Å²) >= 11 is 11.2. The maximum atomic E-state index is 12.1. The molecule has 152 valence electrons. The second-order valence-corrected chi connectivity index (χ2v) is 8.25. The number of fused-ring (bicyclic) bond motifs is 1. The molecule has 1 amide bonds.